The van der Waals surface area contributed by atoms with Crippen LogP contribution in [0.3, 0.4) is 0 Å². The monoisotopic (exact) mass is 457 g/mol. The highest BCUT2D eigenvalue weighted by Gasteiger charge is 2.25. The van der Waals surface area contributed by atoms with E-state index in [0.717, 1.165) is 36.8 Å². The maximum absolute atomic E-state index is 11.9. The molecule has 0 aliphatic rings. The van der Waals surface area contributed by atoms with E-state index >= 15 is 0 Å². The second-order valence-corrected chi connectivity index (χ2v) is 9.91. The van der Waals surface area contributed by atoms with Crippen molar-refractivity contribution in [3.05, 3.63) is 46.5 Å². The van der Waals surface area contributed by atoms with Crippen molar-refractivity contribution >= 4 is 28.6 Å². The summed E-state index contributed by atoms with van der Waals surface area (Å²) in [6.07, 6.45) is 5.20. The second kappa shape index (κ2) is 9.90. The first-order chi connectivity index (χ1) is 15.1. The maximum atomic E-state index is 11.9. The summed E-state index contributed by atoms with van der Waals surface area (Å²) in [6.45, 7) is 8.19. The van der Waals surface area contributed by atoms with E-state index in [-0.39, 0.29) is 11.2 Å². The fourth-order valence-corrected chi connectivity index (χ4v) is 4.10. The van der Waals surface area contributed by atoms with Crippen LogP contribution in [0.15, 0.2) is 30.3 Å². The van der Waals surface area contributed by atoms with Crippen molar-refractivity contribution in [3.8, 4) is 11.4 Å². The summed E-state index contributed by atoms with van der Waals surface area (Å²) >= 11 is 6.08. The number of carbonyl (C=O) groups is 1. The Hall–Kier alpha value is -2.60. The predicted octanol–water partition coefficient (Wildman–Crippen LogP) is 6.29. The normalized spacial score (nSPS) is 12.9. The lowest BCUT2D eigenvalue weighted by Crippen LogP contribution is -2.18. The summed E-state index contributed by atoms with van der Waals surface area (Å²) in [5.41, 5.74) is 2.97. The first kappa shape index (κ1) is 24.1. The maximum Gasteiger partial charge on any atom is 0.306 e. The number of phenols is 1. The topological polar surface area (TPSA) is 88.2 Å². The minimum Gasteiger partial charge on any atom is -0.505 e. The number of carboxylic acids is 1. The molecule has 2 aromatic carbocycles. The molecule has 1 unspecified atom stereocenters. The van der Waals surface area contributed by atoms with E-state index in [4.69, 9.17) is 11.6 Å². The molecule has 1 atom stereocenters. The van der Waals surface area contributed by atoms with Crippen molar-refractivity contribution in [1.82, 2.24) is 15.0 Å². The van der Waals surface area contributed by atoms with Gasteiger partial charge in [-0.3, -0.25) is 4.79 Å². The molecule has 6 nitrogen and oxygen atoms in total. The Morgan fingerprint density at radius 3 is 2.47 bits per heavy atom. The SMILES string of the molecule is CCCCCCC(Cc1cc(-n2nc3ccc(Cl)cc3n2)c(O)c(C(C)(C)C)c1)C(=O)O. The number of aromatic hydroxyl groups is 1. The van der Waals surface area contributed by atoms with Gasteiger partial charge in [0.25, 0.3) is 0 Å². The molecule has 3 aromatic rings. The fraction of sp³-hybridized carbons (Fsp3) is 0.480. The molecular formula is C25H32ClN3O3. The van der Waals surface area contributed by atoms with Crippen LogP contribution in [0.5, 0.6) is 5.75 Å². The number of rotatable bonds is 9. The molecule has 1 heterocycles. The van der Waals surface area contributed by atoms with Crippen molar-refractivity contribution in [2.45, 2.75) is 71.6 Å². The van der Waals surface area contributed by atoms with Crippen molar-refractivity contribution in [2.24, 2.45) is 5.92 Å². The molecule has 172 valence electrons. The van der Waals surface area contributed by atoms with Crippen LogP contribution in [0.25, 0.3) is 16.7 Å². The zero-order chi connectivity index (χ0) is 23.5. The molecule has 0 radical (unpaired) electrons. The largest absolute Gasteiger partial charge is 0.505 e. The molecular weight excluding hydrogens is 426 g/mol. The van der Waals surface area contributed by atoms with Crippen molar-refractivity contribution < 1.29 is 15.0 Å². The number of halogens is 1. The fourth-order valence-electron chi connectivity index (χ4n) is 3.93. The number of hydrogen-bond donors (Lipinski definition) is 2. The number of nitrogens with zero attached hydrogens (tertiary/aromatic N) is 3. The Morgan fingerprint density at radius 2 is 1.81 bits per heavy atom. The summed E-state index contributed by atoms with van der Waals surface area (Å²) in [4.78, 5) is 13.3. The number of aromatic nitrogens is 3. The Bertz CT molecular complexity index is 1100. The minimum atomic E-state index is -0.786. The molecule has 2 N–H and O–H groups in total. The Morgan fingerprint density at radius 1 is 1.09 bits per heavy atom. The van der Waals surface area contributed by atoms with Gasteiger partial charge in [-0.1, -0.05) is 71.0 Å². The molecule has 0 saturated carbocycles. The lowest BCUT2D eigenvalue weighted by Gasteiger charge is -2.23. The number of carboxylic acid groups (broad SMARTS) is 1. The van der Waals surface area contributed by atoms with E-state index in [9.17, 15) is 15.0 Å². The number of benzene rings is 2. The third kappa shape index (κ3) is 5.60. The minimum absolute atomic E-state index is 0.0995. The van der Waals surface area contributed by atoms with Crippen molar-refractivity contribution in [2.75, 3.05) is 0 Å². The Labute approximate surface area is 194 Å². The van der Waals surface area contributed by atoms with E-state index in [1.54, 1.807) is 24.3 Å². The number of aliphatic carboxylic acids is 1. The Kier molecular flexibility index (Phi) is 7.44. The first-order valence-electron chi connectivity index (χ1n) is 11.2. The van der Waals surface area contributed by atoms with Crippen molar-refractivity contribution in [3.63, 3.8) is 0 Å². The third-order valence-corrected chi connectivity index (χ3v) is 5.99. The summed E-state index contributed by atoms with van der Waals surface area (Å²) in [7, 11) is 0. The van der Waals surface area contributed by atoms with Gasteiger partial charge in [0.15, 0.2) is 0 Å². The van der Waals surface area contributed by atoms with Gasteiger partial charge < -0.3 is 10.2 Å². The van der Waals surface area contributed by atoms with E-state index < -0.39 is 11.9 Å². The molecule has 0 amide bonds. The molecule has 32 heavy (non-hydrogen) atoms. The molecule has 0 aliphatic carbocycles. The third-order valence-electron chi connectivity index (χ3n) is 5.75. The zero-order valence-electron chi connectivity index (χ0n) is 19.2. The van der Waals surface area contributed by atoms with E-state index in [2.05, 4.69) is 17.1 Å². The number of fused-ring (bicyclic) bond motifs is 1. The summed E-state index contributed by atoms with van der Waals surface area (Å²) in [6, 6.07) is 8.97. The predicted molar refractivity (Wildman–Crippen MR) is 128 cm³/mol. The van der Waals surface area contributed by atoms with Crippen LogP contribution < -0.4 is 0 Å². The van der Waals surface area contributed by atoms with Gasteiger partial charge in [-0.2, -0.15) is 0 Å². The molecule has 1 aromatic heterocycles. The highest BCUT2D eigenvalue weighted by Crippen LogP contribution is 2.37. The lowest BCUT2D eigenvalue weighted by atomic mass is 9.83. The van der Waals surface area contributed by atoms with Crippen LogP contribution in [0.2, 0.25) is 5.02 Å². The quantitative estimate of drug-likeness (QED) is 0.368. The Balaban J connectivity index is 2.02. The van der Waals surface area contributed by atoms with Gasteiger partial charge >= 0.3 is 5.97 Å². The average Bonchev–Trinajstić information content (AvgIpc) is 3.13. The van der Waals surface area contributed by atoms with E-state index in [1.807, 2.05) is 26.8 Å². The van der Waals surface area contributed by atoms with Crippen LogP contribution in [0, 0.1) is 5.92 Å². The van der Waals surface area contributed by atoms with Crippen LogP contribution in [0.4, 0.5) is 0 Å². The van der Waals surface area contributed by atoms with E-state index in [0.29, 0.717) is 34.6 Å². The molecule has 0 fully saturated rings. The summed E-state index contributed by atoms with van der Waals surface area (Å²) in [5.74, 6) is -1.16. The summed E-state index contributed by atoms with van der Waals surface area (Å²) < 4.78 is 0. The van der Waals surface area contributed by atoms with Gasteiger partial charge in [0.05, 0.1) is 5.92 Å². The molecule has 0 saturated heterocycles. The molecule has 3 rings (SSSR count). The number of phenolic OH excluding ortho intramolecular Hbond substituents is 1. The average molecular weight is 458 g/mol. The van der Waals surface area contributed by atoms with Gasteiger partial charge in [0.1, 0.15) is 22.5 Å². The lowest BCUT2D eigenvalue weighted by molar-refractivity contribution is -0.142. The molecule has 7 heteroatoms. The standard InChI is InChI=1S/C25H32ClN3O3/c1-5-6-7-8-9-17(24(31)32)12-16-13-19(25(2,3)4)23(30)22(14-16)29-27-20-11-10-18(26)15-21(20)28-29/h10-11,13-15,17,30H,5-9,12H2,1-4H3,(H,31,32). The van der Waals surface area contributed by atoms with Gasteiger partial charge in [-0.05, 0) is 48.1 Å². The summed E-state index contributed by atoms with van der Waals surface area (Å²) in [5, 5.41) is 30.4. The molecule has 0 aliphatic heterocycles. The van der Waals surface area contributed by atoms with Gasteiger partial charge in [0.2, 0.25) is 0 Å². The van der Waals surface area contributed by atoms with Crippen LogP contribution >= 0.6 is 11.6 Å². The van der Waals surface area contributed by atoms with Crippen LogP contribution in [-0.2, 0) is 16.6 Å². The number of unbranched alkanes of at least 4 members (excludes halogenated alkanes) is 3. The zero-order valence-corrected chi connectivity index (χ0v) is 20.0. The highest BCUT2D eigenvalue weighted by atomic mass is 35.5. The molecule has 0 spiro atoms. The second-order valence-electron chi connectivity index (χ2n) is 9.47. The first-order valence-corrected chi connectivity index (χ1v) is 11.6. The van der Waals surface area contributed by atoms with Gasteiger partial charge in [0, 0.05) is 10.6 Å². The highest BCUT2D eigenvalue weighted by molar-refractivity contribution is 6.31. The smallest absolute Gasteiger partial charge is 0.306 e. The van der Waals surface area contributed by atoms with Gasteiger partial charge in [-0.15, -0.1) is 15.0 Å². The van der Waals surface area contributed by atoms with Gasteiger partial charge in [-0.25, -0.2) is 0 Å². The van der Waals surface area contributed by atoms with E-state index in [1.165, 1.54) is 4.80 Å². The van der Waals surface area contributed by atoms with Crippen LogP contribution in [-0.4, -0.2) is 31.2 Å². The molecule has 0 bridgehead atoms. The van der Waals surface area contributed by atoms with Crippen LogP contribution in [0.1, 0.15) is 70.9 Å². The van der Waals surface area contributed by atoms with Crippen molar-refractivity contribution in [1.29, 1.82) is 0 Å². The number of hydrogen-bond acceptors (Lipinski definition) is 4.